The molecule has 1 atom stereocenters. The molecule has 1 aliphatic heterocycles. The van der Waals surface area contributed by atoms with Crippen molar-refractivity contribution in [1.82, 2.24) is 0 Å². The molecule has 1 unspecified atom stereocenters. The van der Waals surface area contributed by atoms with E-state index in [4.69, 9.17) is 15.1 Å². The number of nitrogens with zero attached hydrogens (tertiary/aromatic N) is 1. The van der Waals surface area contributed by atoms with Crippen LogP contribution in [0.3, 0.4) is 0 Å². The molecule has 2 N–H and O–H groups in total. The van der Waals surface area contributed by atoms with Gasteiger partial charge in [-0.2, -0.15) is 0 Å². The lowest BCUT2D eigenvalue weighted by atomic mass is 9.79. The van der Waals surface area contributed by atoms with Crippen LogP contribution in [0, 0.1) is 11.6 Å². The first-order valence-electron chi connectivity index (χ1n) is 7.13. The lowest BCUT2D eigenvalue weighted by molar-refractivity contribution is 0.0520. The number of nitrogens with two attached hydrogens (primary N) is 1. The Hall–Kier alpha value is -1.67. The Balaban J connectivity index is 2.13. The second kappa shape index (κ2) is 7.55. The van der Waals surface area contributed by atoms with E-state index < -0.39 is 23.2 Å². The Morgan fingerprint density at radius 1 is 1.45 bits per heavy atom. The molecule has 1 aliphatic rings. The average molecular weight is 311 g/mol. The van der Waals surface area contributed by atoms with Gasteiger partial charge in [-0.1, -0.05) is 0 Å². The fourth-order valence-electron chi connectivity index (χ4n) is 2.45. The third-order valence-electron chi connectivity index (χ3n) is 3.48. The highest BCUT2D eigenvalue weighted by molar-refractivity contribution is 6.30. The molecular weight excluding hydrogens is 293 g/mol. The highest BCUT2D eigenvalue weighted by Crippen LogP contribution is 2.30. The first-order valence-corrected chi connectivity index (χ1v) is 7.13. The van der Waals surface area contributed by atoms with Gasteiger partial charge in [0, 0.05) is 19.2 Å². The van der Waals surface area contributed by atoms with Crippen molar-refractivity contribution >= 4 is 19.1 Å². The van der Waals surface area contributed by atoms with Crippen molar-refractivity contribution in [2.75, 3.05) is 31.3 Å². The Bertz CT molecular complexity index is 545. The van der Waals surface area contributed by atoms with Crippen LogP contribution in [0.15, 0.2) is 12.1 Å². The van der Waals surface area contributed by atoms with Crippen LogP contribution in [0.5, 0.6) is 0 Å². The van der Waals surface area contributed by atoms with Gasteiger partial charge in [0.2, 0.25) is 0 Å². The van der Waals surface area contributed by atoms with Crippen LogP contribution < -0.4 is 10.6 Å². The fourth-order valence-corrected chi connectivity index (χ4v) is 2.45. The van der Waals surface area contributed by atoms with Crippen molar-refractivity contribution in [2.45, 2.75) is 19.2 Å². The molecule has 1 heterocycles. The highest BCUT2D eigenvalue weighted by Gasteiger charge is 2.27. The molecule has 1 aromatic carbocycles. The molecule has 0 spiro atoms. The SMILES string of the molecule is CCOC(=O)c1cc(F)c(N2CCC([B]OCN)C2)cc1F. The molecule has 1 saturated heterocycles. The number of hydrogen-bond acceptors (Lipinski definition) is 5. The van der Waals surface area contributed by atoms with Crippen molar-refractivity contribution in [3.63, 3.8) is 0 Å². The standard InChI is InChI=1S/C14H18BF2N2O3/c1-2-21-14(20)10-5-12(17)13(6-11(10)16)19-4-3-9(7-19)15-22-8-18/h5-6,9H,2-4,7-8,18H2,1H3. The summed E-state index contributed by atoms with van der Waals surface area (Å²) in [4.78, 5) is 13.3. The van der Waals surface area contributed by atoms with E-state index in [0.717, 1.165) is 18.6 Å². The molecule has 5 nitrogen and oxygen atoms in total. The molecule has 2 rings (SSSR count). The summed E-state index contributed by atoms with van der Waals surface area (Å²) in [5.41, 5.74) is 4.99. The molecular formula is C14H18BF2N2O3. The lowest BCUT2D eigenvalue weighted by Crippen LogP contribution is -2.22. The summed E-state index contributed by atoms with van der Waals surface area (Å²) >= 11 is 0. The number of ether oxygens (including phenoxy) is 1. The van der Waals surface area contributed by atoms with Crippen molar-refractivity contribution in [2.24, 2.45) is 5.73 Å². The molecule has 1 aromatic rings. The molecule has 0 bridgehead atoms. The normalized spacial score (nSPS) is 17.6. The van der Waals surface area contributed by atoms with Gasteiger partial charge in [0.25, 0.3) is 7.48 Å². The molecule has 0 saturated carbocycles. The number of anilines is 1. The van der Waals surface area contributed by atoms with E-state index in [-0.39, 0.29) is 24.8 Å². The largest absolute Gasteiger partial charge is 0.462 e. The number of hydrogen-bond donors (Lipinski definition) is 1. The maximum atomic E-state index is 14.2. The molecule has 8 heteroatoms. The molecule has 22 heavy (non-hydrogen) atoms. The van der Waals surface area contributed by atoms with Crippen LogP contribution in [0.4, 0.5) is 14.5 Å². The molecule has 119 valence electrons. The maximum Gasteiger partial charge on any atom is 0.341 e. The zero-order valence-corrected chi connectivity index (χ0v) is 12.4. The zero-order chi connectivity index (χ0) is 16.1. The summed E-state index contributed by atoms with van der Waals surface area (Å²) in [6.07, 6.45) is 0.765. The second-order valence-corrected chi connectivity index (χ2v) is 4.97. The van der Waals surface area contributed by atoms with Crippen LogP contribution in [0.2, 0.25) is 5.82 Å². The van der Waals surface area contributed by atoms with E-state index in [9.17, 15) is 13.6 Å². The van der Waals surface area contributed by atoms with Gasteiger partial charge in [-0.05, 0) is 25.2 Å². The van der Waals surface area contributed by atoms with Gasteiger partial charge in [0.05, 0.1) is 24.6 Å². The number of halogens is 2. The van der Waals surface area contributed by atoms with Gasteiger partial charge in [0.15, 0.2) is 0 Å². The van der Waals surface area contributed by atoms with E-state index in [2.05, 4.69) is 0 Å². The number of rotatable bonds is 6. The van der Waals surface area contributed by atoms with Gasteiger partial charge in [0.1, 0.15) is 11.6 Å². The minimum atomic E-state index is -0.866. The topological polar surface area (TPSA) is 64.8 Å². The Labute approximate surface area is 128 Å². The Kier molecular flexibility index (Phi) is 5.73. The zero-order valence-electron chi connectivity index (χ0n) is 12.4. The number of carbonyl (C=O) groups excluding carboxylic acids is 1. The average Bonchev–Trinajstić information content (AvgIpc) is 2.96. The van der Waals surface area contributed by atoms with Crippen LogP contribution in [0.1, 0.15) is 23.7 Å². The van der Waals surface area contributed by atoms with E-state index >= 15 is 0 Å². The number of benzene rings is 1. The minimum Gasteiger partial charge on any atom is -0.462 e. The van der Waals surface area contributed by atoms with Gasteiger partial charge in [-0.25, -0.2) is 13.6 Å². The summed E-state index contributed by atoms with van der Waals surface area (Å²) in [5, 5.41) is 0. The van der Waals surface area contributed by atoms with Crippen molar-refractivity contribution < 1.29 is 23.0 Å². The molecule has 1 radical (unpaired) electrons. The minimum absolute atomic E-state index is 0.0910. The lowest BCUT2D eigenvalue weighted by Gasteiger charge is -2.20. The van der Waals surface area contributed by atoms with Crippen molar-refractivity contribution in [3.8, 4) is 0 Å². The summed E-state index contributed by atoms with van der Waals surface area (Å²) in [6, 6.07) is 1.92. The van der Waals surface area contributed by atoms with Gasteiger partial charge in [-0.15, -0.1) is 0 Å². The maximum absolute atomic E-state index is 14.2. The van der Waals surface area contributed by atoms with E-state index in [1.807, 2.05) is 0 Å². The molecule has 1 fully saturated rings. The Morgan fingerprint density at radius 2 is 2.23 bits per heavy atom. The van der Waals surface area contributed by atoms with Crippen LogP contribution in [-0.2, 0) is 9.39 Å². The summed E-state index contributed by atoms with van der Waals surface area (Å²) in [6.45, 7) is 2.88. The Morgan fingerprint density at radius 3 is 2.91 bits per heavy atom. The molecule has 0 aromatic heterocycles. The highest BCUT2D eigenvalue weighted by atomic mass is 19.1. The van der Waals surface area contributed by atoms with Crippen LogP contribution in [0.25, 0.3) is 0 Å². The third kappa shape index (κ3) is 3.75. The monoisotopic (exact) mass is 311 g/mol. The second-order valence-electron chi connectivity index (χ2n) is 4.97. The summed E-state index contributed by atoms with van der Waals surface area (Å²) in [5.74, 6) is -2.20. The summed E-state index contributed by atoms with van der Waals surface area (Å²) in [7, 11) is 1.63. The number of esters is 1. The predicted octanol–water partition coefficient (Wildman–Crippen LogP) is 1.69. The quantitative estimate of drug-likeness (QED) is 0.492. The smallest absolute Gasteiger partial charge is 0.341 e. The van der Waals surface area contributed by atoms with E-state index in [1.165, 1.54) is 0 Å². The van der Waals surface area contributed by atoms with Crippen molar-refractivity contribution in [1.29, 1.82) is 0 Å². The van der Waals surface area contributed by atoms with Gasteiger partial charge in [-0.3, -0.25) is 0 Å². The predicted molar refractivity (Wildman–Crippen MR) is 78.8 cm³/mol. The van der Waals surface area contributed by atoms with Crippen LogP contribution >= 0.6 is 0 Å². The number of carbonyl (C=O) groups is 1. The fraction of sp³-hybridized carbons (Fsp3) is 0.500. The van der Waals surface area contributed by atoms with Crippen LogP contribution in [-0.4, -0.2) is 39.9 Å². The first kappa shape index (κ1) is 16.7. The third-order valence-corrected chi connectivity index (χ3v) is 3.48. The van der Waals surface area contributed by atoms with E-state index in [0.29, 0.717) is 13.1 Å². The first-order chi connectivity index (χ1) is 10.6. The molecule has 0 amide bonds. The van der Waals surface area contributed by atoms with E-state index in [1.54, 1.807) is 19.3 Å². The molecule has 0 aliphatic carbocycles. The summed E-state index contributed by atoms with van der Waals surface area (Å²) < 4.78 is 37.9. The van der Waals surface area contributed by atoms with Gasteiger partial charge < -0.3 is 20.0 Å². The van der Waals surface area contributed by atoms with Gasteiger partial charge >= 0.3 is 5.97 Å². The van der Waals surface area contributed by atoms with Crippen molar-refractivity contribution in [3.05, 3.63) is 29.3 Å².